The standard InChI is InChI=1S/C36H39ClF2N8O2/c1-20-15-23(42-21(2)41-20)16-29(38)35(48)47-14-12-24(18-47)46(4)34-27-17-40-32(26-8-5-9-28(37)30(26)22-10-11-22)31(39)33(27)43-36(44-34)49-19-25-7-6-13-45(25)3/h5,8-9,15-17,22,24-25H,6-7,10-14,18-19H2,1-4H3/b29-16-/t24-,25+/m1/s1. The summed E-state index contributed by atoms with van der Waals surface area (Å²) in [6, 6.07) is 7.15. The average molecular weight is 689 g/mol. The van der Waals surface area contributed by atoms with Gasteiger partial charge in [-0.3, -0.25) is 9.78 Å². The van der Waals surface area contributed by atoms with Crippen LogP contribution < -0.4 is 9.64 Å². The van der Waals surface area contributed by atoms with Gasteiger partial charge in [0, 0.05) is 60.8 Å². The number of hydrogen-bond donors (Lipinski definition) is 0. The summed E-state index contributed by atoms with van der Waals surface area (Å²) < 4.78 is 38.0. The third-order valence-electron chi connectivity index (χ3n) is 9.81. The molecule has 0 spiro atoms. The molecule has 10 nitrogen and oxygen atoms in total. The summed E-state index contributed by atoms with van der Waals surface area (Å²) in [6.45, 7) is 5.45. The number of halogens is 3. The van der Waals surface area contributed by atoms with Gasteiger partial charge in [-0.05, 0) is 83.2 Å². The quantitative estimate of drug-likeness (QED) is 0.188. The van der Waals surface area contributed by atoms with E-state index in [0.29, 0.717) is 58.6 Å². The normalized spacial score (nSPS) is 20.0. The number of nitrogens with zero attached hydrogens (tertiary/aromatic N) is 8. The van der Waals surface area contributed by atoms with Gasteiger partial charge in [0.25, 0.3) is 5.91 Å². The fourth-order valence-corrected chi connectivity index (χ4v) is 7.34. The predicted octanol–water partition coefficient (Wildman–Crippen LogP) is 6.29. The van der Waals surface area contributed by atoms with Crippen LogP contribution in [0.5, 0.6) is 6.01 Å². The molecule has 2 aliphatic heterocycles. The van der Waals surface area contributed by atoms with Crippen molar-refractivity contribution >= 4 is 40.3 Å². The number of benzene rings is 1. The lowest BCUT2D eigenvalue weighted by Crippen LogP contribution is -2.37. The molecule has 256 valence electrons. The molecule has 13 heteroatoms. The van der Waals surface area contributed by atoms with Crippen molar-refractivity contribution in [2.24, 2.45) is 0 Å². The first-order valence-electron chi connectivity index (χ1n) is 16.8. The highest BCUT2D eigenvalue weighted by molar-refractivity contribution is 6.32. The number of rotatable bonds is 9. The van der Waals surface area contributed by atoms with E-state index in [4.69, 9.17) is 21.3 Å². The fraction of sp³-hybridized carbons (Fsp3) is 0.444. The van der Waals surface area contributed by atoms with Gasteiger partial charge in [-0.1, -0.05) is 23.7 Å². The number of aryl methyl sites for hydroxylation is 2. The van der Waals surface area contributed by atoms with Crippen molar-refractivity contribution < 1.29 is 18.3 Å². The van der Waals surface area contributed by atoms with E-state index in [1.54, 1.807) is 26.1 Å². The van der Waals surface area contributed by atoms with Crippen molar-refractivity contribution in [2.75, 3.05) is 45.2 Å². The minimum atomic E-state index is -0.897. The Bertz CT molecular complexity index is 1930. The highest BCUT2D eigenvalue weighted by Crippen LogP contribution is 2.48. The summed E-state index contributed by atoms with van der Waals surface area (Å²) in [7, 11) is 3.89. The number of anilines is 1. The molecule has 1 aromatic carbocycles. The van der Waals surface area contributed by atoms with Crippen molar-refractivity contribution in [3.05, 3.63) is 69.9 Å². The van der Waals surface area contributed by atoms with Crippen LogP contribution in [0.15, 0.2) is 36.3 Å². The lowest BCUT2D eigenvalue weighted by atomic mass is 9.99. The third-order valence-corrected chi connectivity index (χ3v) is 10.1. The molecule has 2 saturated heterocycles. The molecule has 5 heterocycles. The van der Waals surface area contributed by atoms with Crippen LogP contribution >= 0.6 is 11.6 Å². The van der Waals surface area contributed by atoms with Crippen molar-refractivity contribution in [3.63, 3.8) is 0 Å². The number of carbonyl (C=O) groups is 1. The molecule has 0 unspecified atom stereocenters. The number of hydrogen-bond acceptors (Lipinski definition) is 9. The summed E-state index contributed by atoms with van der Waals surface area (Å²) in [4.78, 5) is 41.1. The van der Waals surface area contributed by atoms with Crippen LogP contribution in [0.2, 0.25) is 5.02 Å². The van der Waals surface area contributed by atoms with Crippen molar-refractivity contribution in [2.45, 2.75) is 64.0 Å². The largest absolute Gasteiger partial charge is 0.462 e. The summed E-state index contributed by atoms with van der Waals surface area (Å²) in [6.07, 6.45) is 7.36. The van der Waals surface area contributed by atoms with Gasteiger partial charge >= 0.3 is 6.01 Å². The number of likely N-dealkylation sites (N-methyl/N-ethyl adjacent to an activating group) is 2. The second kappa shape index (κ2) is 13.5. The molecular formula is C36H39ClF2N8O2. The molecule has 3 aromatic heterocycles. The zero-order valence-corrected chi connectivity index (χ0v) is 28.8. The second-order valence-electron chi connectivity index (χ2n) is 13.4. The van der Waals surface area contributed by atoms with Gasteiger partial charge < -0.3 is 19.4 Å². The second-order valence-corrected chi connectivity index (χ2v) is 13.8. The Morgan fingerprint density at radius 3 is 2.67 bits per heavy atom. The van der Waals surface area contributed by atoms with E-state index < -0.39 is 17.6 Å². The van der Waals surface area contributed by atoms with Gasteiger partial charge in [0.2, 0.25) is 0 Å². The maximum absolute atomic E-state index is 16.7. The fourth-order valence-electron chi connectivity index (χ4n) is 7.01. The van der Waals surface area contributed by atoms with Crippen LogP contribution in [0, 0.1) is 19.7 Å². The summed E-state index contributed by atoms with van der Waals surface area (Å²) in [5, 5.41) is 1.01. The molecule has 1 aliphatic carbocycles. The lowest BCUT2D eigenvalue weighted by molar-refractivity contribution is -0.127. The van der Waals surface area contributed by atoms with Gasteiger partial charge in [0.15, 0.2) is 11.6 Å². The maximum Gasteiger partial charge on any atom is 0.319 e. The van der Waals surface area contributed by atoms with Crippen LogP contribution in [-0.2, 0) is 4.79 Å². The van der Waals surface area contributed by atoms with Crippen LogP contribution in [0.1, 0.15) is 60.8 Å². The Labute approximate surface area is 289 Å². The molecule has 0 radical (unpaired) electrons. The average Bonchev–Trinajstić information content (AvgIpc) is 3.63. The first kappa shape index (κ1) is 33.2. The van der Waals surface area contributed by atoms with Crippen LogP contribution in [0.25, 0.3) is 28.2 Å². The number of likely N-dealkylation sites (tertiary alicyclic amines) is 2. The van der Waals surface area contributed by atoms with E-state index in [1.807, 2.05) is 30.1 Å². The first-order valence-corrected chi connectivity index (χ1v) is 17.1. The number of aromatic nitrogens is 5. The van der Waals surface area contributed by atoms with Crippen LogP contribution in [0.3, 0.4) is 0 Å². The number of pyridine rings is 1. The molecule has 2 atom stereocenters. The Balaban J connectivity index is 1.20. The molecule has 1 saturated carbocycles. The molecule has 0 N–H and O–H groups in total. The Morgan fingerprint density at radius 2 is 1.94 bits per heavy atom. The van der Waals surface area contributed by atoms with E-state index in [9.17, 15) is 4.79 Å². The van der Waals surface area contributed by atoms with Crippen LogP contribution in [-0.4, -0.2) is 93.0 Å². The smallest absolute Gasteiger partial charge is 0.319 e. The molecular weight excluding hydrogens is 650 g/mol. The molecule has 1 amide bonds. The molecule has 4 aromatic rings. The minimum absolute atomic E-state index is 0.0644. The lowest BCUT2D eigenvalue weighted by Gasteiger charge is -2.27. The van der Waals surface area contributed by atoms with Gasteiger partial charge in [0.05, 0.1) is 11.1 Å². The Morgan fingerprint density at radius 1 is 1.12 bits per heavy atom. The summed E-state index contributed by atoms with van der Waals surface area (Å²) in [5.41, 5.74) is 2.86. The summed E-state index contributed by atoms with van der Waals surface area (Å²) in [5.74, 6) is -0.991. The van der Waals surface area contributed by atoms with Gasteiger partial charge in [-0.2, -0.15) is 9.97 Å². The van der Waals surface area contributed by atoms with Gasteiger partial charge in [0.1, 0.15) is 29.5 Å². The van der Waals surface area contributed by atoms with Crippen molar-refractivity contribution in [3.8, 4) is 17.3 Å². The number of amides is 1. The SMILES string of the molecule is Cc1cc(/C=C(\F)C(=O)N2CC[C@@H](N(C)c3nc(OC[C@@H]4CCCN4C)nc4c(F)c(-c5cccc(Cl)c5C5CC5)ncc34)C2)nc(C)n1. The zero-order chi connectivity index (χ0) is 34.4. The topological polar surface area (TPSA) is 100 Å². The van der Waals surface area contributed by atoms with E-state index in [2.05, 4.69) is 31.9 Å². The molecule has 0 bridgehead atoms. The van der Waals surface area contributed by atoms with Crippen molar-refractivity contribution in [1.29, 1.82) is 0 Å². The van der Waals surface area contributed by atoms with E-state index in [0.717, 1.165) is 43.9 Å². The van der Waals surface area contributed by atoms with Gasteiger partial charge in [-0.25, -0.2) is 18.7 Å². The third kappa shape index (κ3) is 6.81. The molecule has 3 fully saturated rings. The Hall–Kier alpha value is -4.29. The molecule has 7 rings (SSSR count). The first-order chi connectivity index (χ1) is 23.6. The van der Waals surface area contributed by atoms with E-state index >= 15 is 8.78 Å². The number of fused-ring (bicyclic) bond motifs is 1. The van der Waals surface area contributed by atoms with E-state index in [1.165, 1.54) is 4.90 Å². The number of ether oxygens (including phenoxy) is 1. The van der Waals surface area contributed by atoms with E-state index in [-0.39, 0.29) is 41.8 Å². The molecule has 49 heavy (non-hydrogen) atoms. The minimum Gasteiger partial charge on any atom is -0.462 e. The zero-order valence-electron chi connectivity index (χ0n) is 28.1. The predicted molar refractivity (Wildman–Crippen MR) is 185 cm³/mol. The Kier molecular flexibility index (Phi) is 9.19. The summed E-state index contributed by atoms with van der Waals surface area (Å²) >= 11 is 6.60. The molecule has 3 aliphatic rings. The van der Waals surface area contributed by atoms with Crippen molar-refractivity contribution in [1.82, 2.24) is 34.7 Å². The van der Waals surface area contributed by atoms with Crippen LogP contribution in [0.4, 0.5) is 14.6 Å². The van der Waals surface area contributed by atoms with Gasteiger partial charge in [-0.15, -0.1) is 0 Å². The number of carbonyl (C=O) groups excluding carboxylic acids is 1. The highest BCUT2D eigenvalue weighted by Gasteiger charge is 2.34. The monoisotopic (exact) mass is 688 g/mol. The highest BCUT2D eigenvalue weighted by atomic mass is 35.5. The maximum atomic E-state index is 16.7.